The van der Waals surface area contributed by atoms with E-state index >= 15 is 0 Å². The molecule has 1 aliphatic rings. The van der Waals surface area contributed by atoms with E-state index in [0.717, 1.165) is 6.26 Å². The molecule has 0 spiro atoms. The Labute approximate surface area is 118 Å². The third kappa shape index (κ3) is 2.43. The van der Waals surface area contributed by atoms with E-state index in [9.17, 15) is 18.1 Å². The molecule has 0 aromatic heterocycles. The second-order valence-corrected chi connectivity index (χ2v) is 7.24. The fourth-order valence-electron chi connectivity index (χ4n) is 2.81. The number of rotatable bonds is 5. The molecule has 1 saturated carbocycles. The average Bonchev–Trinajstić information content (AvgIpc) is 3.06. The van der Waals surface area contributed by atoms with Crippen LogP contribution in [0.15, 0.2) is 24.3 Å². The van der Waals surface area contributed by atoms with Gasteiger partial charge >= 0.3 is 0 Å². The van der Waals surface area contributed by atoms with Crippen molar-refractivity contribution in [1.82, 2.24) is 0 Å². The van der Waals surface area contributed by atoms with Crippen LogP contribution in [0.25, 0.3) is 0 Å². The summed E-state index contributed by atoms with van der Waals surface area (Å²) >= 11 is 0. The Morgan fingerprint density at radius 3 is 2.70 bits per heavy atom. The highest BCUT2D eigenvalue weighted by atomic mass is 32.2. The lowest BCUT2D eigenvalue weighted by atomic mass is 10.0. The highest BCUT2D eigenvalue weighted by Gasteiger charge is 2.71. The van der Waals surface area contributed by atoms with Crippen LogP contribution in [-0.2, 0) is 14.6 Å². The standard InChI is InChI=1S/C14H16FNO3S/c1-3-19-9-14(8-16)12(13(14)20(2,17)18)10-5-4-6-11(15)7-10/h4-7,12-13H,3,9H2,1-2H3/t12-,13-,14-/m0/s1. The van der Waals surface area contributed by atoms with Gasteiger partial charge in [0.1, 0.15) is 11.2 Å². The number of halogens is 1. The quantitative estimate of drug-likeness (QED) is 0.832. The smallest absolute Gasteiger partial charge is 0.152 e. The van der Waals surface area contributed by atoms with Crippen molar-refractivity contribution in [2.24, 2.45) is 5.41 Å². The fraction of sp³-hybridized carbons (Fsp3) is 0.500. The van der Waals surface area contributed by atoms with E-state index in [1.165, 1.54) is 18.2 Å². The van der Waals surface area contributed by atoms with Gasteiger partial charge in [0.15, 0.2) is 9.84 Å². The number of nitriles is 1. The van der Waals surface area contributed by atoms with Crippen LogP contribution in [0.1, 0.15) is 18.4 Å². The minimum Gasteiger partial charge on any atom is -0.380 e. The van der Waals surface area contributed by atoms with Crippen LogP contribution in [0, 0.1) is 22.6 Å². The van der Waals surface area contributed by atoms with E-state index in [-0.39, 0.29) is 6.61 Å². The van der Waals surface area contributed by atoms with Crippen molar-refractivity contribution in [2.45, 2.75) is 18.1 Å². The molecule has 0 amide bonds. The largest absolute Gasteiger partial charge is 0.380 e. The summed E-state index contributed by atoms with van der Waals surface area (Å²) in [6, 6.07) is 7.83. The van der Waals surface area contributed by atoms with Crippen molar-refractivity contribution in [3.05, 3.63) is 35.6 Å². The molecule has 0 aliphatic heterocycles. The van der Waals surface area contributed by atoms with Gasteiger partial charge in [0.05, 0.1) is 17.9 Å². The van der Waals surface area contributed by atoms with Crippen molar-refractivity contribution < 1.29 is 17.5 Å². The van der Waals surface area contributed by atoms with Gasteiger partial charge in [-0.2, -0.15) is 5.26 Å². The Bertz CT molecular complexity index is 653. The lowest BCUT2D eigenvalue weighted by Gasteiger charge is -2.08. The summed E-state index contributed by atoms with van der Waals surface area (Å²) in [6.07, 6.45) is 1.11. The zero-order valence-corrected chi connectivity index (χ0v) is 12.2. The highest BCUT2D eigenvalue weighted by molar-refractivity contribution is 7.91. The Morgan fingerprint density at radius 1 is 1.50 bits per heavy atom. The van der Waals surface area contributed by atoms with Crippen molar-refractivity contribution in [3.8, 4) is 6.07 Å². The van der Waals surface area contributed by atoms with Crippen LogP contribution < -0.4 is 0 Å². The maximum Gasteiger partial charge on any atom is 0.152 e. The van der Waals surface area contributed by atoms with Crippen LogP contribution in [0.2, 0.25) is 0 Å². The Balaban J connectivity index is 2.43. The Morgan fingerprint density at radius 2 is 2.20 bits per heavy atom. The number of nitrogens with zero attached hydrogens (tertiary/aromatic N) is 1. The molecule has 1 fully saturated rings. The zero-order chi connectivity index (χ0) is 15.0. The Hall–Kier alpha value is -1.45. The molecule has 0 heterocycles. The first-order valence-corrected chi connectivity index (χ1v) is 8.25. The number of benzene rings is 1. The zero-order valence-electron chi connectivity index (χ0n) is 11.3. The summed E-state index contributed by atoms with van der Waals surface area (Å²) in [6.45, 7) is 2.22. The normalized spacial score (nSPS) is 28.9. The first-order valence-electron chi connectivity index (χ1n) is 6.30. The van der Waals surface area contributed by atoms with E-state index in [4.69, 9.17) is 4.74 Å². The van der Waals surface area contributed by atoms with E-state index in [1.807, 2.05) is 0 Å². The van der Waals surface area contributed by atoms with E-state index in [0.29, 0.717) is 12.2 Å². The predicted octanol–water partition coefficient (Wildman–Crippen LogP) is 1.88. The predicted molar refractivity (Wildman–Crippen MR) is 72.3 cm³/mol. The van der Waals surface area contributed by atoms with Crippen LogP contribution in [0.4, 0.5) is 4.39 Å². The summed E-state index contributed by atoms with van der Waals surface area (Å²) in [7, 11) is -3.41. The van der Waals surface area contributed by atoms with Gasteiger partial charge in [-0.05, 0) is 24.6 Å². The molecule has 20 heavy (non-hydrogen) atoms. The van der Waals surface area contributed by atoms with Gasteiger partial charge in [0.2, 0.25) is 0 Å². The van der Waals surface area contributed by atoms with Crippen LogP contribution in [0.3, 0.4) is 0 Å². The molecule has 1 aromatic rings. The van der Waals surface area contributed by atoms with Gasteiger partial charge in [-0.15, -0.1) is 0 Å². The number of ether oxygens (including phenoxy) is 1. The van der Waals surface area contributed by atoms with E-state index in [1.54, 1.807) is 13.0 Å². The minimum atomic E-state index is -3.41. The first kappa shape index (κ1) is 14.9. The molecule has 6 heteroatoms. The topological polar surface area (TPSA) is 67.2 Å². The van der Waals surface area contributed by atoms with Gasteiger partial charge < -0.3 is 4.74 Å². The molecule has 0 N–H and O–H groups in total. The van der Waals surface area contributed by atoms with Crippen LogP contribution in [0.5, 0.6) is 0 Å². The lowest BCUT2D eigenvalue weighted by molar-refractivity contribution is 0.117. The van der Waals surface area contributed by atoms with Gasteiger partial charge in [0.25, 0.3) is 0 Å². The number of hydrogen-bond donors (Lipinski definition) is 0. The van der Waals surface area contributed by atoms with Crippen LogP contribution in [-0.4, -0.2) is 33.1 Å². The maximum atomic E-state index is 13.3. The molecule has 0 radical (unpaired) electrons. The summed E-state index contributed by atoms with van der Waals surface area (Å²) < 4.78 is 42.4. The summed E-state index contributed by atoms with van der Waals surface area (Å²) in [5.41, 5.74) is -0.584. The summed E-state index contributed by atoms with van der Waals surface area (Å²) in [4.78, 5) is 0. The van der Waals surface area contributed by atoms with Crippen LogP contribution >= 0.6 is 0 Å². The van der Waals surface area contributed by atoms with Gasteiger partial charge in [-0.1, -0.05) is 12.1 Å². The highest BCUT2D eigenvalue weighted by Crippen LogP contribution is 2.62. The van der Waals surface area contributed by atoms with Crippen molar-refractivity contribution in [3.63, 3.8) is 0 Å². The molecule has 1 aliphatic carbocycles. The molecular weight excluding hydrogens is 281 g/mol. The minimum absolute atomic E-state index is 0.0406. The molecular formula is C14H16FNO3S. The number of hydrogen-bond acceptors (Lipinski definition) is 4. The third-order valence-electron chi connectivity index (χ3n) is 3.68. The lowest BCUT2D eigenvalue weighted by Crippen LogP contribution is -2.18. The summed E-state index contributed by atoms with van der Waals surface area (Å²) in [5, 5.41) is 8.59. The molecule has 4 nitrogen and oxygen atoms in total. The molecule has 0 bridgehead atoms. The van der Waals surface area contributed by atoms with Gasteiger partial charge in [0, 0.05) is 18.8 Å². The third-order valence-corrected chi connectivity index (χ3v) is 5.29. The van der Waals surface area contributed by atoms with Gasteiger partial charge in [-0.25, -0.2) is 12.8 Å². The van der Waals surface area contributed by atoms with Gasteiger partial charge in [-0.3, -0.25) is 0 Å². The monoisotopic (exact) mass is 297 g/mol. The molecule has 0 saturated heterocycles. The fourth-order valence-corrected chi connectivity index (χ4v) is 4.66. The first-order chi connectivity index (χ1) is 9.36. The molecule has 0 unspecified atom stereocenters. The SMILES string of the molecule is CCOC[C@@]1(C#N)[C@@H](c2cccc(F)c2)[C@@H]1S(C)(=O)=O. The maximum absolute atomic E-state index is 13.3. The van der Waals surface area contributed by atoms with Crippen molar-refractivity contribution in [1.29, 1.82) is 5.26 Å². The molecule has 108 valence electrons. The second kappa shape index (κ2) is 5.15. The molecule has 2 rings (SSSR count). The molecule has 1 aromatic carbocycles. The number of sulfone groups is 1. The van der Waals surface area contributed by atoms with Crippen molar-refractivity contribution >= 4 is 9.84 Å². The Kier molecular flexibility index (Phi) is 3.85. The van der Waals surface area contributed by atoms with E-state index in [2.05, 4.69) is 6.07 Å². The second-order valence-electron chi connectivity index (χ2n) is 5.07. The summed E-state index contributed by atoms with van der Waals surface area (Å²) in [5.74, 6) is -0.977. The van der Waals surface area contributed by atoms with Crippen molar-refractivity contribution in [2.75, 3.05) is 19.5 Å². The molecule has 3 atom stereocenters. The van der Waals surface area contributed by atoms with E-state index < -0.39 is 32.2 Å². The average molecular weight is 297 g/mol.